The van der Waals surface area contributed by atoms with Crippen molar-refractivity contribution in [2.75, 3.05) is 13.7 Å². The standard InChI is InChI=1S/C14H19N2O5S/c1-21-10-5-7-11(8-6-10)22(19,20)16-9-3-2-4-12(17)13(16)14(15)18/h4-8,12-13,17H,2-3,9H2,1H3,(H2,15,18). The van der Waals surface area contributed by atoms with Gasteiger partial charge in [0.05, 0.1) is 18.1 Å². The van der Waals surface area contributed by atoms with E-state index < -0.39 is 28.1 Å². The van der Waals surface area contributed by atoms with Crippen LogP contribution in [-0.4, -0.2) is 49.5 Å². The number of rotatable bonds is 4. The molecular weight excluding hydrogens is 308 g/mol. The van der Waals surface area contributed by atoms with Gasteiger partial charge in [-0.15, -0.1) is 0 Å². The molecule has 8 heteroatoms. The maximum absolute atomic E-state index is 12.8. The van der Waals surface area contributed by atoms with Crippen molar-refractivity contribution in [1.29, 1.82) is 0 Å². The van der Waals surface area contributed by atoms with Gasteiger partial charge in [-0.3, -0.25) is 4.79 Å². The smallest absolute Gasteiger partial charge is 0.243 e. The Kier molecular flexibility index (Phi) is 5.05. The van der Waals surface area contributed by atoms with Gasteiger partial charge in [0, 0.05) is 6.54 Å². The van der Waals surface area contributed by atoms with Gasteiger partial charge >= 0.3 is 0 Å². The second-order valence-electron chi connectivity index (χ2n) is 5.01. The summed E-state index contributed by atoms with van der Waals surface area (Å²) in [5.74, 6) is -0.350. The predicted molar refractivity (Wildman–Crippen MR) is 79.4 cm³/mol. The highest BCUT2D eigenvalue weighted by Gasteiger charge is 2.40. The van der Waals surface area contributed by atoms with Gasteiger partial charge in [-0.05, 0) is 43.5 Å². The number of hydrogen-bond donors (Lipinski definition) is 2. The van der Waals surface area contributed by atoms with E-state index in [4.69, 9.17) is 10.5 Å². The zero-order chi connectivity index (χ0) is 16.3. The molecule has 0 saturated carbocycles. The van der Waals surface area contributed by atoms with Crippen molar-refractivity contribution in [2.24, 2.45) is 5.73 Å². The lowest BCUT2D eigenvalue weighted by Gasteiger charge is -2.29. The van der Waals surface area contributed by atoms with Gasteiger partial charge in [0.25, 0.3) is 0 Å². The first-order valence-electron chi connectivity index (χ1n) is 6.84. The Morgan fingerprint density at radius 2 is 2.00 bits per heavy atom. The zero-order valence-corrected chi connectivity index (χ0v) is 13.0. The molecule has 1 radical (unpaired) electrons. The number of amides is 1. The van der Waals surface area contributed by atoms with Crippen LogP contribution in [0.4, 0.5) is 0 Å². The molecule has 1 fully saturated rings. The molecule has 2 atom stereocenters. The molecule has 1 aliphatic heterocycles. The van der Waals surface area contributed by atoms with Gasteiger partial charge in [0.2, 0.25) is 15.9 Å². The molecule has 1 aliphatic rings. The number of nitrogens with zero attached hydrogens (tertiary/aromatic N) is 1. The first kappa shape index (κ1) is 16.7. The summed E-state index contributed by atoms with van der Waals surface area (Å²) in [7, 11) is -2.46. The molecular formula is C14H19N2O5S. The summed E-state index contributed by atoms with van der Waals surface area (Å²) < 4.78 is 31.5. The van der Waals surface area contributed by atoms with Crippen LogP contribution in [-0.2, 0) is 14.8 Å². The second-order valence-corrected chi connectivity index (χ2v) is 6.90. The summed E-state index contributed by atoms with van der Waals surface area (Å²) in [5, 5.41) is 10.00. The molecule has 2 unspecified atom stereocenters. The highest BCUT2D eigenvalue weighted by molar-refractivity contribution is 7.89. The SMILES string of the molecule is COc1ccc(S(=O)(=O)N2CCC[CH]C(O)C2C(N)=O)cc1. The molecule has 0 bridgehead atoms. The van der Waals surface area contributed by atoms with Crippen LogP contribution >= 0.6 is 0 Å². The Labute approximate surface area is 129 Å². The summed E-state index contributed by atoms with van der Waals surface area (Å²) in [4.78, 5) is 11.6. The van der Waals surface area contributed by atoms with E-state index in [1.54, 1.807) is 0 Å². The van der Waals surface area contributed by atoms with E-state index in [1.165, 1.54) is 37.8 Å². The minimum Gasteiger partial charge on any atom is -0.497 e. The monoisotopic (exact) mass is 327 g/mol. The van der Waals surface area contributed by atoms with E-state index in [1.807, 2.05) is 0 Å². The van der Waals surface area contributed by atoms with Crippen molar-refractivity contribution in [3.63, 3.8) is 0 Å². The third-order valence-electron chi connectivity index (χ3n) is 3.58. The number of aliphatic hydroxyl groups excluding tert-OH is 1. The molecule has 1 saturated heterocycles. The van der Waals surface area contributed by atoms with Crippen LogP contribution in [0, 0.1) is 6.42 Å². The highest BCUT2D eigenvalue weighted by Crippen LogP contribution is 2.26. The third-order valence-corrected chi connectivity index (χ3v) is 5.48. The number of nitrogens with two attached hydrogens (primary N) is 1. The summed E-state index contributed by atoms with van der Waals surface area (Å²) in [6.45, 7) is 0.121. The Hall–Kier alpha value is -1.64. The number of sulfonamides is 1. The second kappa shape index (κ2) is 6.64. The number of hydrogen-bond acceptors (Lipinski definition) is 5. The van der Waals surface area contributed by atoms with E-state index in [-0.39, 0.29) is 11.4 Å². The van der Waals surface area contributed by atoms with E-state index in [2.05, 4.69) is 0 Å². The molecule has 2 rings (SSSR count). The topological polar surface area (TPSA) is 110 Å². The average Bonchev–Trinajstić information content (AvgIpc) is 2.69. The molecule has 7 nitrogen and oxygen atoms in total. The van der Waals surface area contributed by atoms with Gasteiger partial charge in [-0.25, -0.2) is 8.42 Å². The van der Waals surface area contributed by atoms with Gasteiger partial charge in [0.1, 0.15) is 11.8 Å². The summed E-state index contributed by atoms with van der Waals surface area (Å²) in [6.07, 6.45) is 1.32. The molecule has 1 aromatic carbocycles. The van der Waals surface area contributed by atoms with Crippen molar-refractivity contribution in [3.8, 4) is 5.75 Å². The van der Waals surface area contributed by atoms with Gasteiger partial charge in [-0.2, -0.15) is 4.31 Å². The van der Waals surface area contributed by atoms with Crippen LogP contribution < -0.4 is 10.5 Å². The lowest BCUT2D eigenvalue weighted by Crippen LogP contribution is -2.53. The van der Waals surface area contributed by atoms with E-state index in [9.17, 15) is 18.3 Å². The third kappa shape index (κ3) is 3.23. The molecule has 0 spiro atoms. The van der Waals surface area contributed by atoms with Gasteiger partial charge < -0.3 is 15.6 Å². The van der Waals surface area contributed by atoms with Crippen LogP contribution in [0.2, 0.25) is 0 Å². The lowest BCUT2D eigenvalue weighted by atomic mass is 10.1. The van der Waals surface area contributed by atoms with Crippen molar-refractivity contribution >= 4 is 15.9 Å². The zero-order valence-electron chi connectivity index (χ0n) is 12.2. The fraction of sp³-hybridized carbons (Fsp3) is 0.429. The first-order valence-corrected chi connectivity index (χ1v) is 8.28. The van der Waals surface area contributed by atoms with E-state index in [0.717, 1.165) is 4.31 Å². The largest absolute Gasteiger partial charge is 0.497 e. The Morgan fingerprint density at radius 1 is 1.36 bits per heavy atom. The summed E-state index contributed by atoms with van der Waals surface area (Å²) in [5.41, 5.74) is 5.29. The minimum absolute atomic E-state index is 0.0219. The molecule has 3 N–H and O–H groups in total. The highest BCUT2D eigenvalue weighted by atomic mass is 32.2. The molecule has 0 aliphatic carbocycles. The normalized spacial score (nSPS) is 23.7. The van der Waals surface area contributed by atoms with Crippen LogP contribution in [0.3, 0.4) is 0 Å². The number of primary amides is 1. The number of ether oxygens (including phenoxy) is 1. The molecule has 0 aromatic heterocycles. The van der Waals surface area contributed by atoms with Crippen molar-refractivity contribution in [1.82, 2.24) is 4.31 Å². The number of carbonyl (C=O) groups excluding carboxylic acids is 1. The molecule has 121 valence electrons. The van der Waals surface area contributed by atoms with Crippen molar-refractivity contribution < 1.29 is 23.1 Å². The Bertz CT molecular complexity index is 629. The van der Waals surface area contributed by atoms with E-state index >= 15 is 0 Å². The first-order chi connectivity index (χ1) is 10.4. The number of benzene rings is 1. The average molecular weight is 327 g/mol. The fourth-order valence-electron chi connectivity index (χ4n) is 2.44. The minimum atomic E-state index is -3.94. The molecule has 1 aromatic rings. The summed E-state index contributed by atoms with van der Waals surface area (Å²) >= 11 is 0. The van der Waals surface area contributed by atoms with Crippen molar-refractivity contribution in [3.05, 3.63) is 30.7 Å². The number of methoxy groups -OCH3 is 1. The molecule has 1 amide bonds. The maximum Gasteiger partial charge on any atom is 0.243 e. The van der Waals surface area contributed by atoms with Crippen molar-refractivity contribution in [2.45, 2.75) is 29.9 Å². The summed E-state index contributed by atoms with van der Waals surface area (Å²) in [6, 6.07) is 4.54. The maximum atomic E-state index is 12.8. The number of aliphatic hydroxyl groups is 1. The quantitative estimate of drug-likeness (QED) is 0.802. The number of carbonyl (C=O) groups is 1. The molecule has 22 heavy (non-hydrogen) atoms. The predicted octanol–water partition coefficient (Wildman–Crippen LogP) is -0.101. The fourth-order valence-corrected chi connectivity index (χ4v) is 4.08. The van der Waals surface area contributed by atoms with Crippen LogP contribution in [0.5, 0.6) is 5.75 Å². The van der Waals surface area contributed by atoms with Gasteiger partial charge in [0.15, 0.2) is 0 Å². The van der Waals surface area contributed by atoms with Gasteiger partial charge in [-0.1, -0.05) is 0 Å². The van der Waals surface area contributed by atoms with E-state index in [0.29, 0.717) is 18.6 Å². The van der Waals surface area contributed by atoms with Crippen LogP contribution in [0.1, 0.15) is 12.8 Å². The van der Waals surface area contributed by atoms with Crippen LogP contribution in [0.15, 0.2) is 29.2 Å². The Morgan fingerprint density at radius 3 is 2.55 bits per heavy atom. The lowest BCUT2D eigenvalue weighted by molar-refractivity contribution is -0.124. The Balaban J connectivity index is 2.41. The van der Waals surface area contributed by atoms with Crippen LogP contribution in [0.25, 0.3) is 0 Å². The molecule has 1 heterocycles.